The van der Waals surface area contributed by atoms with E-state index in [4.69, 9.17) is 0 Å². The zero-order valence-corrected chi connectivity index (χ0v) is 14.4. The van der Waals surface area contributed by atoms with Gasteiger partial charge in [0.1, 0.15) is 11.5 Å². The molecule has 0 saturated heterocycles. The third-order valence-corrected chi connectivity index (χ3v) is 3.83. The summed E-state index contributed by atoms with van der Waals surface area (Å²) >= 11 is 0. The van der Waals surface area contributed by atoms with Gasteiger partial charge in [-0.15, -0.1) is 0 Å². The minimum absolute atomic E-state index is 0.208. The van der Waals surface area contributed by atoms with Gasteiger partial charge in [0.25, 0.3) is 0 Å². The van der Waals surface area contributed by atoms with Crippen LogP contribution in [-0.2, 0) is 12.8 Å². The first kappa shape index (κ1) is 18.3. The molecule has 0 aromatic heterocycles. The molecule has 0 fully saturated rings. The number of benzene rings is 1. The summed E-state index contributed by atoms with van der Waals surface area (Å²) in [6.07, 6.45) is 10.0. The number of aromatic hydroxyl groups is 2. The van der Waals surface area contributed by atoms with E-state index < -0.39 is 0 Å². The standard InChI is InChI=1S/C20H30O2/c1-5-6-10-17-13-19(21)18(20(22)14-17)12-11-16(4)9-7-8-15(2)3/h8,11,13-14,21-22H,5-7,9-10,12H2,1-4H3/b16-11+. The molecule has 1 aromatic rings. The van der Waals surface area contributed by atoms with Gasteiger partial charge < -0.3 is 10.2 Å². The molecule has 2 heteroatoms. The second-order valence-electron chi connectivity index (χ2n) is 6.29. The van der Waals surface area contributed by atoms with Gasteiger partial charge in [-0.1, -0.05) is 36.6 Å². The van der Waals surface area contributed by atoms with Gasteiger partial charge in [-0.3, -0.25) is 0 Å². The molecule has 122 valence electrons. The third-order valence-electron chi connectivity index (χ3n) is 3.83. The van der Waals surface area contributed by atoms with E-state index >= 15 is 0 Å². The highest BCUT2D eigenvalue weighted by atomic mass is 16.3. The molecule has 22 heavy (non-hydrogen) atoms. The second-order valence-corrected chi connectivity index (χ2v) is 6.29. The van der Waals surface area contributed by atoms with Crippen molar-refractivity contribution in [2.75, 3.05) is 0 Å². The van der Waals surface area contributed by atoms with Gasteiger partial charge in [-0.25, -0.2) is 0 Å². The molecule has 0 aliphatic heterocycles. The average Bonchev–Trinajstić information content (AvgIpc) is 2.43. The van der Waals surface area contributed by atoms with Gasteiger partial charge in [-0.2, -0.15) is 0 Å². The monoisotopic (exact) mass is 302 g/mol. The van der Waals surface area contributed by atoms with Gasteiger partial charge in [0, 0.05) is 5.56 Å². The molecule has 0 atom stereocenters. The lowest BCUT2D eigenvalue weighted by atomic mass is 10.0. The summed E-state index contributed by atoms with van der Waals surface area (Å²) < 4.78 is 0. The summed E-state index contributed by atoms with van der Waals surface area (Å²) in [5.41, 5.74) is 4.25. The first-order valence-electron chi connectivity index (χ1n) is 8.26. The molecule has 1 rings (SSSR count). The summed E-state index contributed by atoms with van der Waals surface area (Å²) in [6, 6.07) is 3.58. The highest BCUT2D eigenvalue weighted by Gasteiger charge is 2.08. The molecule has 2 N–H and O–H groups in total. The predicted octanol–water partition coefficient (Wildman–Crippen LogP) is 5.68. The molecule has 0 amide bonds. The fourth-order valence-corrected chi connectivity index (χ4v) is 2.40. The molecular formula is C20H30O2. The molecular weight excluding hydrogens is 272 g/mol. The van der Waals surface area contributed by atoms with E-state index in [2.05, 4.69) is 39.8 Å². The van der Waals surface area contributed by atoms with Crippen LogP contribution in [0.1, 0.15) is 64.5 Å². The average molecular weight is 302 g/mol. The van der Waals surface area contributed by atoms with Crippen molar-refractivity contribution in [3.63, 3.8) is 0 Å². The summed E-state index contributed by atoms with van der Waals surface area (Å²) in [4.78, 5) is 0. The van der Waals surface area contributed by atoms with Crippen LogP contribution in [0, 0.1) is 0 Å². The highest BCUT2D eigenvalue weighted by Crippen LogP contribution is 2.30. The Bertz CT molecular complexity index is 512. The topological polar surface area (TPSA) is 40.5 Å². The van der Waals surface area contributed by atoms with Gasteiger partial charge in [0.2, 0.25) is 0 Å². The minimum Gasteiger partial charge on any atom is -0.508 e. The molecule has 0 unspecified atom stereocenters. The molecule has 0 bridgehead atoms. The van der Waals surface area contributed by atoms with Crippen molar-refractivity contribution in [2.24, 2.45) is 0 Å². The van der Waals surface area contributed by atoms with E-state index in [1.807, 2.05) is 0 Å². The Balaban J connectivity index is 2.71. The number of unbranched alkanes of at least 4 members (excludes halogenated alkanes) is 1. The van der Waals surface area contributed by atoms with Crippen molar-refractivity contribution in [1.29, 1.82) is 0 Å². The number of rotatable bonds is 8. The zero-order valence-electron chi connectivity index (χ0n) is 14.4. The van der Waals surface area contributed by atoms with E-state index in [9.17, 15) is 10.2 Å². The van der Waals surface area contributed by atoms with Crippen LogP contribution in [0.15, 0.2) is 35.4 Å². The van der Waals surface area contributed by atoms with Crippen LogP contribution >= 0.6 is 0 Å². The van der Waals surface area contributed by atoms with Crippen molar-refractivity contribution < 1.29 is 10.2 Å². The van der Waals surface area contributed by atoms with Crippen molar-refractivity contribution in [3.8, 4) is 11.5 Å². The number of phenols is 2. The minimum atomic E-state index is 0.208. The number of hydrogen-bond donors (Lipinski definition) is 2. The zero-order chi connectivity index (χ0) is 16.5. The predicted molar refractivity (Wildman–Crippen MR) is 94.5 cm³/mol. The Labute approximate surface area is 135 Å². The van der Waals surface area contributed by atoms with Crippen molar-refractivity contribution in [1.82, 2.24) is 0 Å². The van der Waals surface area contributed by atoms with Gasteiger partial charge >= 0.3 is 0 Å². The van der Waals surface area contributed by atoms with Crippen molar-refractivity contribution in [2.45, 2.75) is 66.2 Å². The van der Waals surface area contributed by atoms with Crippen LogP contribution in [0.25, 0.3) is 0 Å². The van der Waals surface area contributed by atoms with Gasteiger partial charge in [-0.05, 0) is 70.6 Å². The fourth-order valence-electron chi connectivity index (χ4n) is 2.40. The van der Waals surface area contributed by atoms with Crippen LogP contribution in [0.2, 0.25) is 0 Å². The molecule has 0 radical (unpaired) electrons. The highest BCUT2D eigenvalue weighted by molar-refractivity contribution is 5.47. The lowest BCUT2D eigenvalue weighted by molar-refractivity contribution is 0.439. The molecule has 1 aromatic carbocycles. The fraction of sp³-hybridized carbons (Fsp3) is 0.500. The number of hydrogen-bond acceptors (Lipinski definition) is 2. The van der Waals surface area contributed by atoms with E-state index in [0.717, 1.165) is 37.7 Å². The van der Waals surface area contributed by atoms with Crippen LogP contribution in [0.4, 0.5) is 0 Å². The molecule has 0 aliphatic carbocycles. The Morgan fingerprint density at radius 3 is 2.23 bits per heavy atom. The first-order valence-corrected chi connectivity index (χ1v) is 8.26. The summed E-state index contributed by atoms with van der Waals surface area (Å²) in [5, 5.41) is 20.3. The lowest BCUT2D eigenvalue weighted by Gasteiger charge is -2.09. The van der Waals surface area contributed by atoms with Gasteiger partial charge in [0.15, 0.2) is 0 Å². The molecule has 0 heterocycles. The maximum Gasteiger partial charge on any atom is 0.123 e. The van der Waals surface area contributed by atoms with Crippen LogP contribution in [0.5, 0.6) is 11.5 Å². The Morgan fingerprint density at radius 1 is 1.05 bits per heavy atom. The van der Waals surface area contributed by atoms with E-state index in [-0.39, 0.29) is 11.5 Å². The number of allylic oxidation sites excluding steroid dienone is 4. The number of aryl methyl sites for hydroxylation is 1. The van der Waals surface area contributed by atoms with E-state index in [1.54, 1.807) is 12.1 Å². The van der Waals surface area contributed by atoms with E-state index in [1.165, 1.54) is 11.1 Å². The maximum absolute atomic E-state index is 10.1. The summed E-state index contributed by atoms with van der Waals surface area (Å²) in [6.45, 7) is 8.45. The second kappa shape index (κ2) is 9.34. The molecule has 0 aliphatic rings. The maximum atomic E-state index is 10.1. The Morgan fingerprint density at radius 2 is 1.68 bits per heavy atom. The molecule has 2 nitrogen and oxygen atoms in total. The van der Waals surface area contributed by atoms with Crippen molar-refractivity contribution >= 4 is 0 Å². The largest absolute Gasteiger partial charge is 0.508 e. The third kappa shape index (κ3) is 6.38. The Kier molecular flexibility index (Phi) is 7.79. The van der Waals surface area contributed by atoms with Gasteiger partial charge in [0.05, 0.1) is 0 Å². The summed E-state index contributed by atoms with van der Waals surface area (Å²) in [5.74, 6) is 0.416. The smallest absolute Gasteiger partial charge is 0.123 e. The quantitative estimate of drug-likeness (QED) is 0.607. The molecule has 0 saturated carbocycles. The first-order chi connectivity index (χ1) is 10.4. The Hall–Kier alpha value is -1.70. The summed E-state index contributed by atoms with van der Waals surface area (Å²) in [7, 11) is 0. The van der Waals surface area contributed by atoms with Crippen LogP contribution in [-0.4, -0.2) is 10.2 Å². The molecule has 0 spiro atoms. The number of phenolic OH excluding ortho intramolecular Hbond substituents is 2. The normalized spacial score (nSPS) is 11.5. The van der Waals surface area contributed by atoms with E-state index in [0.29, 0.717) is 12.0 Å². The van der Waals surface area contributed by atoms with Crippen molar-refractivity contribution in [3.05, 3.63) is 46.6 Å². The van der Waals surface area contributed by atoms with Crippen LogP contribution < -0.4 is 0 Å². The SMILES string of the molecule is CCCCc1cc(O)c(C/C=C(\C)CCC=C(C)C)c(O)c1. The van der Waals surface area contributed by atoms with Crippen LogP contribution in [0.3, 0.4) is 0 Å². The lowest BCUT2D eigenvalue weighted by Crippen LogP contribution is -1.91.